The zero-order valence-corrected chi connectivity index (χ0v) is 13.4. The summed E-state index contributed by atoms with van der Waals surface area (Å²) in [5.41, 5.74) is 7.33. The van der Waals surface area contributed by atoms with Crippen molar-refractivity contribution < 1.29 is 9.84 Å². The number of benzene rings is 1. The smallest absolute Gasteiger partial charge is 0.123 e. The van der Waals surface area contributed by atoms with Gasteiger partial charge in [0.05, 0.1) is 18.2 Å². The Morgan fingerprint density at radius 1 is 1.43 bits per heavy atom. The van der Waals surface area contributed by atoms with E-state index in [1.165, 1.54) is 6.42 Å². The van der Waals surface area contributed by atoms with E-state index in [-0.39, 0.29) is 18.2 Å². The largest absolute Gasteiger partial charge is 0.491 e. The third-order valence-corrected chi connectivity index (χ3v) is 4.10. The van der Waals surface area contributed by atoms with E-state index in [0.29, 0.717) is 11.6 Å². The molecule has 0 amide bonds. The first kappa shape index (κ1) is 16.0. The summed E-state index contributed by atoms with van der Waals surface area (Å²) in [6, 6.07) is 5.71. The fourth-order valence-corrected chi connectivity index (χ4v) is 3.30. The lowest BCUT2D eigenvalue weighted by Gasteiger charge is -2.40. The van der Waals surface area contributed by atoms with Crippen LogP contribution < -0.4 is 15.8 Å². The molecular formula is C17H28N2O2. The van der Waals surface area contributed by atoms with Gasteiger partial charge in [0.1, 0.15) is 5.75 Å². The van der Waals surface area contributed by atoms with Gasteiger partial charge in [-0.25, -0.2) is 0 Å². The molecular weight excluding hydrogens is 264 g/mol. The lowest BCUT2D eigenvalue weighted by Crippen LogP contribution is -2.45. The summed E-state index contributed by atoms with van der Waals surface area (Å²) in [4.78, 5) is 0. The number of anilines is 2. The van der Waals surface area contributed by atoms with Gasteiger partial charge in [0.2, 0.25) is 0 Å². The second-order valence-electron chi connectivity index (χ2n) is 6.72. The van der Waals surface area contributed by atoms with Crippen LogP contribution in [-0.2, 0) is 0 Å². The zero-order valence-electron chi connectivity index (χ0n) is 13.4. The molecule has 0 aromatic heterocycles. The molecule has 2 unspecified atom stereocenters. The number of aliphatic hydroxyl groups excluding tert-OH is 1. The van der Waals surface area contributed by atoms with E-state index >= 15 is 0 Å². The van der Waals surface area contributed by atoms with Crippen molar-refractivity contribution in [2.24, 2.45) is 5.92 Å². The minimum Gasteiger partial charge on any atom is -0.491 e. The number of aliphatic hydroxyl groups is 1. The molecule has 1 saturated carbocycles. The molecule has 118 valence electrons. The number of nitrogens with two attached hydrogens (primary N) is 1. The second-order valence-corrected chi connectivity index (χ2v) is 6.72. The molecule has 4 nitrogen and oxygen atoms in total. The molecule has 1 aromatic rings. The highest BCUT2D eigenvalue weighted by atomic mass is 16.5. The van der Waals surface area contributed by atoms with Gasteiger partial charge in [-0.2, -0.15) is 0 Å². The standard InChI is InChI=1S/C17H28N2O2/c1-12(2)21-16-8-14(18)7-15(9-16)19-17(11-20)6-4-5-13(3)10-17/h7-9,12-13,19-20H,4-6,10-11,18H2,1-3H3. The summed E-state index contributed by atoms with van der Waals surface area (Å²) >= 11 is 0. The minimum absolute atomic E-state index is 0.112. The Hall–Kier alpha value is -1.42. The van der Waals surface area contributed by atoms with Crippen LogP contribution in [0.5, 0.6) is 5.75 Å². The van der Waals surface area contributed by atoms with Gasteiger partial charge in [-0.05, 0) is 38.7 Å². The van der Waals surface area contributed by atoms with Gasteiger partial charge in [-0.1, -0.05) is 19.8 Å². The average molecular weight is 292 g/mol. The average Bonchev–Trinajstić information content (AvgIpc) is 2.37. The van der Waals surface area contributed by atoms with Crippen LogP contribution in [0.4, 0.5) is 11.4 Å². The fraction of sp³-hybridized carbons (Fsp3) is 0.647. The van der Waals surface area contributed by atoms with Crippen molar-refractivity contribution in [2.75, 3.05) is 17.7 Å². The van der Waals surface area contributed by atoms with E-state index in [1.54, 1.807) is 0 Å². The van der Waals surface area contributed by atoms with E-state index in [0.717, 1.165) is 30.7 Å². The van der Waals surface area contributed by atoms with Gasteiger partial charge in [0.25, 0.3) is 0 Å². The molecule has 1 aliphatic carbocycles. The summed E-state index contributed by atoms with van der Waals surface area (Å²) < 4.78 is 5.73. The van der Waals surface area contributed by atoms with Crippen molar-refractivity contribution in [1.82, 2.24) is 0 Å². The van der Waals surface area contributed by atoms with Gasteiger partial charge < -0.3 is 20.9 Å². The Morgan fingerprint density at radius 2 is 2.19 bits per heavy atom. The Kier molecular flexibility index (Phi) is 4.99. The first-order chi connectivity index (χ1) is 9.92. The monoisotopic (exact) mass is 292 g/mol. The molecule has 2 atom stereocenters. The lowest BCUT2D eigenvalue weighted by molar-refractivity contribution is 0.149. The molecule has 4 heteroatoms. The number of hydrogen-bond acceptors (Lipinski definition) is 4. The molecule has 0 radical (unpaired) electrons. The van der Waals surface area contributed by atoms with Crippen LogP contribution >= 0.6 is 0 Å². The molecule has 0 aliphatic heterocycles. The highest BCUT2D eigenvalue weighted by molar-refractivity contribution is 5.60. The number of nitrogens with one attached hydrogen (secondary N) is 1. The summed E-state index contributed by atoms with van der Waals surface area (Å²) in [7, 11) is 0. The Morgan fingerprint density at radius 3 is 2.81 bits per heavy atom. The predicted octanol–water partition coefficient (Wildman–Crippen LogP) is 3.41. The maximum atomic E-state index is 9.88. The van der Waals surface area contributed by atoms with Crippen molar-refractivity contribution in [3.8, 4) is 5.75 Å². The van der Waals surface area contributed by atoms with Crippen LogP contribution in [0.2, 0.25) is 0 Å². The van der Waals surface area contributed by atoms with Gasteiger partial charge in [-0.3, -0.25) is 0 Å². The van der Waals surface area contributed by atoms with Crippen molar-refractivity contribution in [3.63, 3.8) is 0 Å². The Bertz CT molecular complexity index is 476. The van der Waals surface area contributed by atoms with Crippen LogP contribution in [0, 0.1) is 5.92 Å². The van der Waals surface area contributed by atoms with Crippen LogP contribution in [0.15, 0.2) is 18.2 Å². The third-order valence-electron chi connectivity index (χ3n) is 4.10. The van der Waals surface area contributed by atoms with Crippen molar-refractivity contribution in [1.29, 1.82) is 0 Å². The first-order valence-electron chi connectivity index (χ1n) is 7.89. The number of rotatable bonds is 5. The molecule has 0 heterocycles. The Balaban J connectivity index is 2.18. The molecule has 1 fully saturated rings. The number of hydrogen-bond donors (Lipinski definition) is 3. The molecule has 1 aromatic carbocycles. The maximum absolute atomic E-state index is 9.88. The maximum Gasteiger partial charge on any atom is 0.123 e. The minimum atomic E-state index is -0.236. The molecule has 0 saturated heterocycles. The van der Waals surface area contributed by atoms with Crippen LogP contribution in [0.1, 0.15) is 46.5 Å². The molecule has 4 N–H and O–H groups in total. The number of ether oxygens (including phenoxy) is 1. The summed E-state index contributed by atoms with van der Waals surface area (Å²) in [5, 5.41) is 13.4. The third kappa shape index (κ3) is 4.27. The van der Waals surface area contributed by atoms with Gasteiger partial charge in [0.15, 0.2) is 0 Å². The van der Waals surface area contributed by atoms with E-state index in [1.807, 2.05) is 32.0 Å². The van der Waals surface area contributed by atoms with E-state index < -0.39 is 0 Å². The molecule has 21 heavy (non-hydrogen) atoms. The van der Waals surface area contributed by atoms with Crippen LogP contribution in [-0.4, -0.2) is 23.4 Å². The SMILES string of the molecule is CC1CCCC(CO)(Nc2cc(N)cc(OC(C)C)c2)C1. The van der Waals surface area contributed by atoms with E-state index in [2.05, 4.69) is 12.2 Å². The van der Waals surface area contributed by atoms with Gasteiger partial charge >= 0.3 is 0 Å². The summed E-state index contributed by atoms with van der Waals surface area (Å²) in [5.74, 6) is 1.40. The van der Waals surface area contributed by atoms with E-state index in [4.69, 9.17) is 10.5 Å². The van der Waals surface area contributed by atoms with Crippen LogP contribution in [0.3, 0.4) is 0 Å². The lowest BCUT2D eigenvalue weighted by atomic mass is 9.76. The summed E-state index contributed by atoms with van der Waals surface area (Å²) in [6.45, 7) is 6.38. The summed E-state index contributed by atoms with van der Waals surface area (Å²) in [6.07, 6.45) is 4.47. The molecule has 2 rings (SSSR count). The van der Waals surface area contributed by atoms with Crippen molar-refractivity contribution >= 4 is 11.4 Å². The zero-order chi connectivity index (χ0) is 15.5. The normalized spacial score (nSPS) is 25.9. The fourth-order valence-electron chi connectivity index (χ4n) is 3.30. The highest BCUT2D eigenvalue weighted by Crippen LogP contribution is 2.36. The second kappa shape index (κ2) is 6.56. The van der Waals surface area contributed by atoms with Gasteiger partial charge in [-0.15, -0.1) is 0 Å². The predicted molar refractivity (Wildman–Crippen MR) is 87.7 cm³/mol. The highest BCUT2D eigenvalue weighted by Gasteiger charge is 2.34. The van der Waals surface area contributed by atoms with E-state index in [9.17, 15) is 5.11 Å². The molecule has 0 bridgehead atoms. The van der Waals surface area contributed by atoms with Crippen molar-refractivity contribution in [2.45, 2.75) is 58.1 Å². The topological polar surface area (TPSA) is 67.5 Å². The van der Waals surface area contributed by atoms with Crippen molar-refractivity contribution in [3.05, 3.63) is 18.2 Å². The quantitative estimate of drug-likeness (QED) is 0.728. The van der Waals surface area contributed by atoms with Crippen LogP contribution in [0.25, 0.3) is 0 Å². The molecule has 1 aliphatic rings. The van der Waals surface area contributed by atoms with Gasteiger partial charge in [0, 0.05) is 23.5 Å². The molecule has 0 spiro atoms. The Labute approximate surface area is 127 Å². The first-order valence-corrected chi connectivity index (χ1v) is 7.89. The number of nitrogen functional groups attached to an aromatic ring is 1.